The number of aliphatic hydroxyl groups is 1. The second kappa shape index (κ2) is 4.33. The van der Waals surface area contributed by atoms with Crippen molar-refractivity contribution in [2.24, 2.45) is 5.92 Å². The second-order valence-corrected chi connectivity index (χ2v) is 7.95. The average Bonchev–Trinajstić information content (AvgIpc) is 2.91. The van der Waals surface area contributed by atoms with Gasteiger partial charge in [0.1, 0.15) is 0 Å². The van der Waals surface area contributed by atoms with Gasteiger partial charge in [0.15, 0.2) is 23.4 Å². The first-order valence-corrected chi connectivity index (χ1v) is 8.77. The van der Waals surface area contributed by atoms with Crippen molar-refractivity contribution in [2.75, 3.05) is 20.7 Å². The van der Waals surface area contributed by atoms with Crippen molar-refractivity contribution >= 4 is 5.78 Å². The largest absolute Gasteiger partial charge is 0.493 e. The van der Waals surface area contributed by atoms with Crippen molar-refractivity contribution < 1.29 is 19.4 Å². The highest BCUT2D eigenvalue weighted by Gasteiger charge is 2.74. The number of benzene rings is 1. The molecule has 1 spiro atoms. The minimum absolute atomic E-state index is 0.0206. The van der Waals surface area contributed by atoms with Crippen LogP contribution in [0.4, 0.5) is 0 Å². The Bertz CT molecular complexity index is 762. The van der Waals surface area contributed by atoms with Crippen LogP contribution in [0.15, 0.2) is 12.1 Å². The number of hydrogen-bond acceptors (Lipinski definition) is 5. The number of likely N-dealkylation sites (tertiary alicyclic amines) is 1. The Balaban J connectivity index is 1.87. The van der Waals surface area contributed by atoms with Gasteiger partial charge in [-0.2, -0.15) is 0 Å². The number of ketones is 1. The van der Waals surface area contributed by atoms with E-state index in [1.807, 2.05) is 13.0 Å². The van der Waals surface area contributed by atoms with E-state index < -0.39 is 17.1 Å². The molecule has 2 bridgehead atoms. The molecule has 128 valence electrons. The maximum Gasteiger partial charge on any atom is 0.174 e. The van der Waals surface area contributed by atoms with Gasteiger partial charge in [-0.25, -0.2) is 0 Å². The van der Waals surface area contributed by atoms with Crippen LogP contribution in [0.25, 0.3) is 0 Å². The van der Waals surface area contributed by atoms with Gasteiger partial charge in [-0.3, -0.25) is 4.79 Å². The number of carbonyl (C=O) groups excluding carboxylic acids is 1. The molecule has 0 amide bonds. The second-order valence-electron chi connectivity index (χ2n) is 7.95. The van der Waals surface area contributed by atoms with Crippen LogP contribution >= 0.6 is 0 Å². The SMILES string of the molecule is COc1ccc2c3c1O[C@H]1C(=O)CC(C)[C@@]4(O)[C@@H](C2)N(C)CC[C@]314. The number of piperidine rings is 1. The van der Waals surface area contributed by atoms with E-state index in [-0.39, 0.29) is 17.7 Å². The number of ether oxygens (including phenoxy) is 2. The highest BCUT2D eigenvalue weighted by molar-refractivity contribution is 5.90. The Morgan fingerprint density at radius 1 is 1.38 bits per heavy atom. The molecular formula is C19H23NO4. The topological polar surface area (TPSA) is 59.0 Å². The lowest BCUT2D eigenvalue weighted by Crippen LogP contribution is -2.78. The number of methoxy groups -OCH3 is 1. The fourth-order valence-corrected chi connectivity index (χ4v) is 6.09. The van der Waals surface area contributed by atoms with Crippen LogP contribution in [-0.2, 0) is 16.6 Å². The zero-order valence-corrected chi connectivity index (χ0v) is 14.3. The summed E-state index contributed by atoms with van der Waals surface area (Å²) in [5.41, 5.74) is 0.662. The van der Waals surface area contributed by atoms with Gasteiger partial charge in [0.05, 0.1) is 18.1 Å². The van der Waals surface area contributed by atoms with Gasteiger partial charge in [0.2, 0.25) is 0 Å². The summed E-state index contributed by atoms with van der Waals surface area (Å²) in [5.74, 6) is 1.38. The minimum atomic E-state index is -0.941. The summed E-state index contributed by atoms with van der Waals surface area (Å²) in [6.07, 6.45) is 1.32. The van der Waals surface area contributed by atoms with E-state index in [2.05, 4.69) is 18.0 Å². The molecule has 24 heavy (non-hydrogen) atoms. The van der Waals surface area contributed by atoms with Gasteiger partial charge in [-0.05, 0) is 44.0 Å². The van der Waals surface area contributed by atoms with Crippen molar-refractivity contribution in [3.8, 4) is 11.5 Å². The maximum absolute atomic E-state index is 12.9. The fraction of sp³-hybridized carbons (Fsp3) is 0.632. The molecule has 1 N–H and O–H groups in total. The van der Waals surface area contributed by atoms with Crippen molar-refractivity contribution in [1.82, 2.24) is 4.90 Å². The van der Waals surface area contributed by atoms with Crippen molar-refractivity contribution in [3.63, 3.8) is 0 Å². The smallest absolute Gasteiger partial charge is 0.174 e. The van der Waals surface area contributed by atoms with Crippen LogP contribution in [0.5, 0.6) is 11.5 Å². The quantitative estimate of drug-likeness (QED) is 0.841. The Labute approximate surface area is 141 Å². The zero-order chi connectivity index (χ0) is 16.9. The molecule has 2 heterocycles. The van der Waals surface area contributed by atoms with E-state index in [0.29, 0.717) is 17.9 Å². The van der Waals surface area contributed by atoms with Crippen LogP contribution in [-0.4, -0.2) is 54.2 Å². The molecule has 2 aliphatic carbocycles. The highest BCUT2D eigenvalue weighted by atomic mass is 16.5. The average molecular weight is 329 g/mol. The Hall–Kier alpha value is -1.59. The van der Waals surface area contributed by atoms with E-state index in [9.17, 15) is 9.90 Å². The Kier molecular flexibility index (Phi) is 2.65. The highest BCUT2D eigenvalue weighted by Crippen LogP contribution is 2.65. The fourth-order valence-electron chi connectivity index (χ4n) is 6.09. The monoisotopic (exact) mass is 329 g/mol. The Morgan fingerprint density at radius 3 is 2.92 bits per heavy atom. The predicted octanol–water partition coefficient (Wildman–Crippen LogP) is 1.29. The van der Waals surface area contributed by atoms with Crippen LogP contribution < -0.4 is 9.47 Å². The van der Waals surface area contributed by atoms with Crippen LogP contribution in [0.2, 0.25) is 0 Å². The zero-order valence-electron chi connectivity index (χ0n) is 14.3. The third-order valence-corrected chi connectivity index (χ3v) is 7.14. The van der Waals surface area contributed by atoms with Crippen molar-refractivity contribution in [2.45, 2.75) is 49.3 Å². The Morgan fingerprint density at radius 2 is 2.17 bits per heavy atom. The first kappa shape index (κ1) is 14.7. The number of carbonyl (C=O) groups is 1. The molecule has 4 aliphatic rings. The third-order valence-electron chi connectivity index (χ3n) is 7.14. The molecule has 1 unspecified atom stereocenters. The molecule has 5 nitrogen and oxygen atoms in total. The molecule has 1 aromatic rings. The van der Waals surface area contributed by atoms with Gasteiger partial charge in [-0.1, -0.05) is 13.0 Å². The molecule has 1 saturated heterocycles. The minimum Gasteiger partial charge on any atom is -0.493 e. The predicted molar refractivity (Wildman–Crippen MR) is 87.6 cm³/mol. The lowest BCUT2D eigenvalue weighted by Gasteiger charge is -2.64. The summed E-state index contributed by atoms with van der Waals surface area (Å²) in [5, 5.41) is 12.0. The number of rotatable bonds is 1. The lowest BCUT2D eigenvalue weighted by molar-refractivity contribution is -0.205. The molecule has 2 fully saturated rings. The van der Waals surface area contributed by atoms with E-state index in [4.69, 9.17) is 9.47 Å². The van der Waals surface area contributed by atoms with Gasteiger partial charge in [0, 0.05) is 18.0 Å². The molecule has 5 rings (SSSR count). The number of likely N-dealkylation sites (N-methyl/N-ethyl adjacent to an activating group) is 1. The number of hydrogen-bond donors (Lipinski definition) is 1. The lowest BCUT2D eigenvalue weighted by atomic mass is 9.46. The standard InChI is InChI=1S/C19H23NO4/c1-10-8-12(21)17-18-6-7-20(2)14(19(10,18)22)9-11-4-5-13(23-3)16(24-17)15(11)18/h4-5,10,14,17,22H,6-9H2,1-3H3/t10?,14-,17+,18+,19-/m1/s1. The molecule has 0 aromatic heterocycles. The maximum atomic E-state index is 12.9. The molecule has 1 saturated carbocycles. The molecule has 1 aromatic carbocycles. The van der Waals surface area contributed by atoms with Crippen molar-refractivity contribution in [3.05, 3.63) is 23.3 Å². The van der Waals surface area contributed by atoms with E-state index in [1.165, 1.54) is 5.56 Å². The summed E-state index contributed by atoms with van der Waals surface area (Å²) in [7, 11) is 3.71. The number of nitrogens with zero attached hydrogens (tertiary/aromatic N) is 1. The molecule has 2 aliphatic heterocycles. The number of Topliss-reactive ketones (excluding diaryl/α,β-unsaturated/α-hetero) is 1. The van der Waals surface area contributed by atoms with Gasteiger partial charge in [-0.15, -0.1) is 0 Å². The van der Waals surface area contributed by atoms with E-state index >= 15 is 0 Å². The van der Waals surface area contributed by atoms with Gasteiger partial charge in [0.25, 0.3) is 0 Å². The summed E-state index contributed by atoms with van der Waals surface area (Å²) in [6.45, 7) is 2.88. The summed E-state index contributed by atoms with van der Waals surface area (Å²) in [6, 6.07) is 4.03. The summed E-state index contributed by atoms with van der Waals surface area (Å²) >= 11 is 0. The molecular weight excluding hydrogens is 306 g/mol. The van der Waals surface area contributed by atoms with Crippen molar-refractivity contribution in [1.29, 1.82) is 0 Å². The van der Waals surface area contributed by atoms with E-state index in [0.717, 1.165) is 24.9 Å². The molecule has 5 heteroatoms. The van der Waals surface area contributed by atoms with Gasteiger partial charge >= 0.3 is 0 Å². The molecule has 0 radical (unpaired) electrons. The molecule has 5 atom stereocenters. The van der Waals surface area contributed by atoms with Crippen LogP contribution in [0.3, 0.4) is 0 Å². The van der Waals surface area contributed by atoms with E-state index in [1.54, 1.807) is 7.11 Å². The summed E-state index contributed by atoms with van der Waals surface area (Å²) < 4.78 is 11.7. The van der Waals surface area contributed by atoms with Crippen LogP contribution in [0, 0.1) is 5.92 Å². The third kappa shape index (κ3) is 1.32. The first-order chi connectivity index (χ1) is 11.4. The normalized spacial score (nSPS) is 42.5. The van der Waals surface area contributed by atoms with Crippen LogP contribution in [0.1, 0.15) is 30.9 Å². The first-order valence-electron chi connectivity index (χ1n) is 8.77. The summed E-state index contributed by atoms with van der Waals surface area (Å²) in [4.78, 5) is 15.1. The van der Waals surface area contributed by atoms with Gasteiger partial charge < -0.3 is 19.5 Å².